The van der Waals surface area contributed by atoms with Crippen molar-refractivity contribution in [1.29, 1.82) is 0 Å². The number of fused-ring (bicyclic) bond motifs is 1. The van der Waals surface area contributed by atoms with E-state index in [2.05, 4.69) is 5.32 Å². The second-order valence-corrected chi connectivity index (χ2v) is 5.72. The molecule has 126 valence electrons. The van der Waals surface area contributed by atoms with Crippen LogP contribution in [0, 0.1) is 0 Å². The molecule has 0 aromatic heterocycles. The van der Waals surface area contributed by atoms with Crippen molar-refractivity contribution in [3.63, 3.8) is 0 Å². The minimum Gasteiger partial charge on any atom is -0.508 e. The Morgan fingerprint density at radius 3 is 2.32 bits per heavy atom. The van der Waals surface area contributed by atoms with Crippen molar-refractivity contribution in [2.75, 3.05) is 0 Å². The molecule has 3 aromatic rings. The van der Waals surface area contributed by atoms with Crippen molar-refractivity contribution in [1.82, 2.24) is 5.32 Å². The van der Waals surface area contributed by atoms with Crippen molar-refractivity contribution < 1.29 is 19.8 Å². The molecular weight excluding hydrogens is 318 g/mol. The van der Waals surface area contributed by atoms with Crippen LogP contribution in [0.3, 0.4) is 0 Å². The predicted molar refractivity (Wildman–Crippen MR) is 94.3 cm³/mol. The molecule has 0 aliphatic heterocycles. The summed E-state index contributed by atoms with van der Waals surface area (Å²) in [6, 6.07) is 18.0. The van der Waals surface area contributed by atoms with Gasteiger partial charge in [-0.05, 0) is 22.4 Å². The number of aliphatic carboxylic acids is 1. The predicted octanol–water partition coefficient (Wildman–Crippen LogP) is 3.03. The number of amides is 1. The molecule has 0 aliphatic carbocycles. The average molecular weight is 335 g/mol. The van der Waals surface area contributed by atoms with E-state index in [9.17, 15) is 19.8 Å². The van der Waals surface area contributed by atoms with Gasteiger partial charge >= 0.3 is 5.97 Å². The zero-order valence-electron chi connectivity index (χ0n) is 13.3. The number of rotatable bonds is 5. The number of nitrogens with one attached hydrogen (secondary N) is 1. The minimum absolute atomic E-state index is 0.0656. The highest BCUT2D eigenvalue weighted by molar-refractivity contribution is 5.94. The quantitative estimate of drug-likeness (QED) is 0.669. The normalized spacial score (nSPS) is 11.8. The van der Waals surface area contributed by atoms with E-state index in [0.29, 0.717) is 5.39 Å². The van der Waals surface area contributed by atoms with E-state index >= 15 is 0 Å². The van der Waals surface area contributed by atoms with Gasteiger partial charge in [0.2, 0.25) is 5.91 Å². The van der Waals surface area contributed by atoms with E-state index in [0.717, 1.165) is 10.9 Å². The maximum absolute atomic E-state index is 12.3. The van der Waals surface area contributed by atoms with E-state index < -0.39 is 17.9 Å². The summed E-state index contributed by atoms with van der Waals surface area (Å²) in [7, 11) is 0. The van der Waals surface area contributed by atoms with Crippen molar-refractivity contribution >= 4 is 22.6 Å². The van der Waals surface area contributed by atoms with Gasteiger partial charge < -0.3 is 15.5 Å². The zero-order valence-corrected chi connectivity index (χ0v) is 13.3. The first-order valence-electron chi connectivity index (χ1n) is 7.83. The number of carboxylic acids is 1. The van der Waals surface area contributed by atoms with Crippen LogP contribution in [0.25, 0.3) is 10.8 Å². The molecule has 0 heterocycles. The molecular formula is C20H17NO4. The average Bonchev–Trinajstić information content (AvgIpc) is 2.61. The van der Waals surface area contributed by atoms with Crippen molar-refractivity contribution in [2.45, 2.75) is 12.5 Å². The summed E-state index contributed by atoms with van der Waals surface area (Å²) in [5, 5.41) is 23.7. The standard InChI is InChI=1S/C20H17NO4/c22-16-11-10-14-8-4-5-9-15(14)18(16)19(20(24)25)21-17(23)12-13-6-2-1-3-7-13/h1-11,19,22H,12H2,(H,21,23)(H,24,25)/t19-/m1/s1. The Labute approximate surface area is 144 Å². The molecule has 3 rings (SSSR count). The van der Waals surface area contributed by atoms with Crippen LogP contribution in [0.1, 0.15) is 17.2 Å². The monoisotopic (exact) mass is 335 g/mol. The summed E-state index contributed by atoms with van der Waals surface area (Å²) in [6.45, 7) is 0. The summed E-state index contributed by atoms with van der Waals surface area (Å²) >= 11 is 0. The molecule has 0 fully saturated rings. The first-order chi connectivity index (χ1) is 12.1. The molecule has 0 saturated heterocycles. The van der Waals surface area contributed by atoms with Crippen LogP contribution >= 0.6 is 0 Å². The summed E-state index contributed by atoms with van der Waals surface area (Å²) in [6.07, 6.45) is 0.0656. The second kappa shape index (κ2) is 7.05. The van der Waals surface area contributed by atoms with Gasteiger partial charge in [0.15, 0.2) is 6.04 Å². The van der Waals surface area contributed by atoms with Crippen LogP contribution in [-0.4, -0.2) is 22.1 Å². The van der Waals surface area contributed by atoms with Gasteiger partial charge in [-0.25, -0.2) is 4.79 Å². The molecule has 0 spiro atoms. The molecule has 3 aromatic carbocycles. The van der Waals surface area contributed by atoms with Crippen molar-refractivity contribution in [2.24, 2.45) is 0 Å². The lowest BCUT2D eigenvalue weighted by atomic mass is 9.97. The summed E-state index contributed by atoms with van der Waals surface area (Å²) < 4.78 is 0. The third kappa shape index (κ3) is 3.61. The van der Waals surface area contributed by atoms with E-state index in [1.807, 2.05) is 30.3 Å². The molecule has 0 saturated carbocycles. The molecule has 1 atom stereocenters. The highest BCUT2D eigenvalue weighted by Crippen LogP contribution is 2.32. The lowest BCUT2D eigenvalue weighted by Gasteiger charge is -2.18. The Morgan fingerprint density at radius 1 is 0.920 bits per heavy atom. The Balaban J connectivity index is 1.93. The maximum Gasteiger partial charge on any atom is 0.331 e. The smallest absolute Gasteiger partial charge is 0.331 e. The molecule has 0 bridgehead atoms. The fraction of sp³-hybridized carbons (Fsp3) is 0.100. The van der Waals surface area contributed by atoms with Crippen LogP contribution in [0.5, 0.6) is 5.75 Å². The molecule has 0 unspecified atom stereocenters. The number of hydrogen-bond donors (Lipinski definition) is 3. The van der Waals surface area contributed by atoms with E-state index in [-0.39, 0.29) is 17.7 Å². The summed E-state index contributed by atoms with van der Waals surface area (Å²) in [5.74, 6) is -1.81. The van der Waals surface area contributed by atoms with Gasteiger partial charge in [-0.15, -0.1) is 0 Å². The topological polar surface area (TPSA) is 86.6 Å². The van der Waals surface area contributed by atoms with Crippen LogP contribution < -0.4 is 5.32 Å². The number of phenols is 1. The fourth-order valence-corrected chi connectivity index (χ4v) is 2.84. The van der Waals surface area contributed by atoms with Crippen LogP contribution in [0.2, 0.25) is 0 Å². The van der Waals surface area contributed by atoms with Crippen molar-refractivity contribution in [3.05, 3.63) is 77.9 Å². The van der Waals surface area contributed by atoms with E-state index in [1.165, 1.54) is 6.07 Å². The third-order valence-corrected chi connectivity index (χ3v) is 4.00. The number of aromatic hydroxyl groups is 1. The van der Waals surface area contributed by atoms with Gasteiger partial charge in [-0.3, -0.25) is 4.79 Å². The summed E-state index contributed by atoms with van der Waals surface area (Å²) in [4.78, 5) is 24.0. The highest BCUT2D eigenvalue weighted by atomic mass is 16.4. The molecule has 1 amide bonds. The van der Waals surface area contributed by atoms with Gasteiger partial charge in [0.25, 0.3) is 0 Å². The van der Waals surface area contributed by atoms with E-state index in [1.54, 1.807) is 30.3 Å². The molecule has 0 radical (unpaired) electrons. The zero-order chi connectivity index (χ0) is 17.8. The Kier molecular flexibility index (Phi) is 4.66. The molecule has 0 aliphatic rings. The largest absolute Gasteiger partial charge is 0.508 e. The lowest BCUT2D eigenvalue weighted by molar-refractivity contribution is -0.142. The number of benzene rings is 3. The van der Waals surface area contributed by atoms with Gasteiger partial charge in [-0.2, -0.15) is 0 Å². The van der Waals surface area contributed by atoms with E-state index in [4.69, 9.17) is 0 Å². The first kappa shape index (κ1) is 16.5. The number of carbonyl (C=O) groups excluding carboxylic acids is 1. The van der Waals surface area contributed by atoms with Gasteiger partial charge in [-0.1, -0.05) is 60.7 Å². The first-order valence-corrected chi connectivity index (χ1v) is 7.83. The minimum atomic E-state index is -1.33. The Hall–Kier alpha value is -3.34. The third-order valence-electron chi connectivity index (χ3n) is 4.00. The van der Waals surface area contributed by atoms with Gasteiger partial charge in [0.05, 0.1) is 6.42 Å². The number of carbonyl (C=O) groups is 2. The molecule has 3 N–H and O–H groups in total. The van der Waals surface area contributed by atoms with Gasteiger partial charge in [0.1, 0.15) is 5.75 Å². The molecule has 5 nitrogen and oxygen atoms in total. The van der Waals surface area contributed by atoms with Crippen molar-refractivity contribution in [3.8, 4) is 5.75 Å². The number of hydrogen-bond acceptors (Lipinski definition) is 3. The van der Waals surface area contributed by atoms with Crippen LogP contribution in [-0.2, 0) is 16.0 Å². The Morgan fingerprint density at radius 2 is 1.60 bits per heavy atom. The maximum atomic E-state index is 12.3. The molecule has 25 heavy (non-hydrogen) atoms. The SMILES string of the molecule is O=C(Cc1ccccc1)N[C@@H](C(=O)O)c1c(O)ccc2ccccc12. The Bertz CT molecular complexity index is 921. The molecule has 5 heteroatoms. The van der Waals surface area contributed by atoms with Crippen LogP contribution in [0.15, 0.2) is 66.7 Å². The second-order valence-electron chi connectivity index (χ2n) is 5.72. The summed E-state index contributed by atoms with van der Waals surface area (Å²) in [5.41, 5.74) is 0.971. The number of carboxylic acid groups (broad SMARTS) is 1. The lowest BCUT2D eigenvalue weighted by Crippen LogP contribution is -2.34. The van der Waals surface area contributed by atoms with Gasteiger partial charge in [0, 0.05) is 5.56 Å². The number of phenolic OH excluding ortho intramolecular Hbond substituents is 1. The van der Waals surface area contributed by atoms with Crippen LogP contribution in [0.4, 0.5) is 0 Å². The fourth-order valence-electron chi connectivity index (χ4n) is 2.84. The highest BCUT2D eigenvalue weighted by Gasteiger charge is 2.26.